The number of thioether (sulfide) groups is 2. The van der Waals surface area contributed by atoms with Crippen LogP contribution in [0.2, 0.25) is 0 Å². The van der Waals surface area contributed by atoms with Gasteiger partial charge in [0.2, 0.25) is 0 Å². The van der Waals surface area contributed by atoms with Crippen molar-refractivity contribution in [3.63, 3.8) is 0 Å². The molecule has 0 radical (unpaired) electrons. The van der Waals surface area contributed by atoms with Gasteiger partial charge in [-0.05, 0) is 24.3 Å². The maximum Gasteiger partial charge on any atom is 0.0598 e. The summed E-state index contributed by atoms with van der Waals surface area (Å²) in [6, 6.07) is 0. The second-order valence-corrected chi connectivity index (χ2v) is 5.90. The molecule has 2 atom stereocenters. The van der Waals surface area contributed by atoms with Gasteiger partial charge in [0.05, 0.1) is 6.10 Å². The monoisotopic (exact) mass is 218 g/mol. The summed E-state index contributed by atoms with van der Waals surface area (Å²) in [4.78, 5) is 0. The van der Waals surface area contributed by atoms with Gasteiger partial charge in [0.1, 0.15) is 0 Å². The van der Waals surface area contributed by atoms with E-state index in [1.165, 1.54) is 22.2 Å². The van der Waals surface area contributed by atoms with E-state index in [9.17, 15) is 5.11 Å². The third kappa shape index (κ3) is 3.96. The Hall–Kier alpha value is 0.400. The molecular formula is C10H18OS2. The average molecular weight is 218 g/mol. The van der Waals surface area contributed by atoms with Crippen LogP contribution < -0.4 is 0 Å². The normalized spacial score (nSPS) is 22.5. The summed E-state index contributed by atoms with van der Waals surface area (Å²) in [7, 11) is 0. The molecule has 0 aromatic carbocycles. The molecule has 0 aliphatic carbocycles. The van der Waals surface area contributed by atoms with Gasteiger partial charge in [0.25, 0.3) is 0 Å². The Balaban J connectivity index is 2.42. The Morgan fingerprint density at radius 3 is 2.62 bits per heavy atom. The lowest BCUT2D eigenvalue weighted by molar-refractivity contribution is 0.134. The molecule has 0 unspecified atom stereocenters. The van der Waals surface area contributed by atoms with Crippen molar-refractivity contribution in [3.8, 4) is 0 Å². The van der Waals surface area contributed by atoms with E-state index in [4.69, 9.17) is 0 Å². The summed E-state index contributed by atoms with van der Waals surface area (Å²) in [5.74, 6) is 2.79. The zero-order valence-electron chi connectivity index (χ0n) is 8.32. The van der Waals surface area contributed by atoms with Crippen LogP contribution in [0.1, 0.15) is 26.7 Å². The second-order valence-electron chi connectivity index (χ2n) is 3.37. The molecule has 76 valence electrons. The van der Waals surface area contributed by atoms with E-state index in [2.05, 4.69) is 13.0 Å². The van der Waals surface area contributed by atoms with Crippen LogP contribution in [0, 0.1) is 5.92 Å². The van der Waals surface area contributed by atoms with E-state index in [1.54, 1.807) is 0 Å². The SMILES string of the molecule is CC[C@@H](O)[C@@H](C)C=C1SCCCS1. The van der Waals surface area contributed by atoms with Crippen molar-refractivity contribution in [2.24, 2.45) is 5.92 Å². The highest BCUT2D eigenvalue weighted by Crippen LogP contribution is 2.35. The second kappa shape index (κ2) is 5.99. The summed E-state index contributed by atoms with van der Waals surface area (Å²) in [5.41, 5.74) is 0. The van der Waals surface area contributed by atoms with E-state index in [-0.39, 0.29) is 6.10 Å². The molecular weight excluding hydrogens is 200 g/mol. The van der Waals surface area contributed by atoms with Crippen LogP contribution in [0.3, 0.4) is 0 Å². The van der Waals surface area contributed by atoms with Gasteiger partial charge in [-0.2, -0.15) is 0 Å². The van der Waals surface area contributed by atoms with E-state index in [0.29, 0.717) is 5.92 Å². The summed E-state index contributed by atoms with van der Waals surface area (Å²) in [6.07, 6.45) is 4.22. The third-order valence-electron chi connectivity index (χ3n) is 2.20. The Morgan fingerprint density at radius 1 is 1.46 bits per heavy atom. The fourth-order valence-corrected chi connectivity index (χ4v) is 3.86. The minimum absolute atomic E-state index is 0.171. The molecule has 0 bridgehead atoms. The fraction of sp³-hybridized carbons (Fsp3) is 0.800. The van der Waals surface area contributed by atoms with Crippen LogP contribution in [-0.4, -0.2) is 22.7 Å². The summed E-state index contributed by atoms with van der Waals surface area (Å²) in [5, 5.41) is 9.59. The molecule has 0 aromatic heterocycles. The molecule has 1 rings (SSSR count). The predicted molar refractivity (Wildman–Crippen MR) is 63.1 cm³/mol. The molecule has 1 saturated heterocycles. The minimum Gasteiger partial charge on any atom is -0.393 e. The molecule has 3 heteroatoms. The third-order valence-corrected chi connectivity index (χ3v) is 4.74. The van der Waals surface area contributed by atoms with Crippen LogP contribution >= 0.6 is 23.5 Å². The summed E-state index contributed by atoms with van der Waals surface area (Å²) in [6.45, 7) is 4.12. The van der Waals surface area contributed by atoms with E-state index < -0.39 is 0 Å². The van der Waals surface area contributed by atoms with Crippen molar-refractivity contribution in [3.05, 3.63) is 10.3 Å². The molecule has 0 spiro atoms. The van der Waals surface area contributed by atoms with Crippen LogP contribution in [0.4, 0.5) is 0 Å². The van der Waals surface area contributed by atoms with Crippen molar-refractivity contribution in [1.29, 1.82) is 0 Å². The molecule has 1 N–H and O–H groups in total. The molecule has 1 fully saturated rings. The quantitative estimate of drug-likeness (QED) is 0.786. The largest absolute Gasteiger partial charge is 0.393 e. The fourth-order valence-electron chi connectivity index (χ4n) is 1.24. The Labute approximate surface area is 89.4 Å². The molecule has 1 aliphatic heterocycles. The van der Waals surface area contributed by atoms with Gasteiger partial charge in [-0.1, -0.05) is 19.9 Å². The first-order valence-corrected chi connectivity index (χ1v) is 6.86. The highest BCUT2D eigenvalue weighted by Gasteiger charge is 2.12. The molecule has 0 amide bonds. The van der Waals surface area contributed by atoms with Crippen molar-refractivity contribution in [2.75, 3.05) is 11.5 Å². The average Bonchev–Trinajstić information content (AvgIpc) is 2.18. The van der Waals surface area contributed by atoms with Crippen molar-refractivity contribution in [1.82, 2.24) is 0 Å². The van der Waals surface area contributed by atoms with Gasteiger partial charge in [-0.15, -0.1) is 23.5 Å². The summed E-state index contributed by atoms with van der Waals surface area (Å²) >= 11 is 3.86. The van der Waals surface area contributed by atoms with Crippen LogP contribution in [-0.2, 0) is 0 Å². The number of hydrogen-bond donors (Lipinski definition) is 1. The maximum absolute atomic E-state index is 9.59. The summed E-state index contributed by atoms with van der Waals surface area (Å²) < 4.78 is 1.41. The lowest BCUT2D eigenvalue weighted by Gasteiger charge is -2.17. The van der Waals surface area contributed by atoms with Crippen LogP contribution in [0.25, 0.3) is 0 Å². The van der Waals surface area contributed by atoms with Crippen molar-refractivity contribution in [2.45, 2.75) is 32.8 Å². The van der Waals surface area contributed by atoms with Crippen LogP contribution in [0.5, 0.6) is 0 Å². The standard InChI is InChI=1S/C10H18OS2/c1-3-9(11)8(2)7-10-12-5-4-6-13-10/h7-9,11H,3-6H2,1-2H3/t8-,9+/m0/s1. The Bertz CT molecular complexity index is 172. The molecule has 13 heavy (non-hydrogen) atoms. The minimum atomic E-state index is -0.171. The number of rotatable bonds is 3. The van der Waals surface area contributed by atoms with Gasteiger partial charge in [-0.3, -0.25) is 0 Å². The van der Waals surface area contributed by atoms with E-state index in [1.807, 2.05) is 30.4 Å². The van der Waals surface area contributed by atoms with Crippen molar-refractivity contribution >= 4 is 23.5 Å². The Morgan fingerprint density at radius 2 is 2.08 bits per heavy atom. The smallest absolute Gasteiger partial charge is 0.0598 e. The molecule has 1 nitrogen and oxygen atoms in total. The van der Waals surface area contributed by atoms with E-state index >= 15 is 0 Å². The number of hydrogen-bond acceptors (Lipinski definition) is 3. The first-order valence-electron chi connectivity index (χ1n) is 4.89. The van der Waals surface area contributed by atoms with E-state index in [0.717, 1.165) is 6.42 Å². The zero-order valence-corrected chi connectivity index (χ0v) is 9.96. The topological polar surface area (TPSA) is 20.2 Å². The van der Waals surface area contributed by atoms with Gasteiger partial charge in [0.15, 0.2) is 0 Å². The number of aliphatic hydroxyl groups excluding tert-OH is 1. The van der Waals surface area contributed by atoms with Gasteiger partial charge in [0, 0.05) is 10.2 Å². The lowest BCUT2D eigenvalue weighted by atomic mass is 10.0. The highest BCUT2D eigenvalue weighted by molar-refractivity contribution is 8.22. The first-order chi connectivity index (χ1) is 6.24. The maximum atomic E-state index is 9.59. The molecule has 0 saturated carbocycles. The lowest BCUT2D eigenvalue weighted by Crippen LogP contribution is -2.14. The molecule has 1 heterocycles. The highest BCUT2D eigenvalue weighted by atomic mass is 32.2. The Kier molecular flexibility index (Phi) is 5.29. The van der Waals surface area contributed by atoms with Gasteiger partial charge < -0.3 is 5.11 Å². The zero-order chi connectivity index (χ0) is 9.68. The van der Waals surface area contributed by atoms with Crippen molar-refractivity contribution < 1.29 is 5.11 Å². The molecule has 1 aliphatic rings. The van der Waals surface area contributed by atoms with Crippen LogP contribution in [0.15, 0.2) is 10.3 Å². The van der Waals surface area contributed by atoms with Gasteiger partial charge >= 0.3 is 0 Å². The van der Waals surface area contributed by atoms with Gasteiger partial charge in [-0.25, -0.2) is 0 Å². The first kappa shape index (κ1) is 11.5. The predicted octanol–water partition coefficient (Wildman–Crippen LogP) is 3.10. The molecule has 0 aromatic rings. The number of aliphatic hydroxyl groups is 1.